The summed E-state index contributed by atoms with van der Waals surface area (Å²) in [5.74, 6) is 0.725. The monoisotopic (exact) mass is 214 g/mol. The molecule has 0 radical (unpaired) electrons. The van der Waals surface area contributed by atoms with Crippen LogP contribution in [0.5, 0.6) is 0 Å². The van der Waals surface area contributed by atoms with E-state index in [1.807, 2.05) is 6.92 Å². The molecule has 0 saturated carbocycles. The van der Waals surface area contributed by atoms with Crippen LogP contribution in [0.2, 0.25) is 5.02 Å². The van der Waals surface area contributed by atoms with Gasteiger partial charge in [0.05, 0.1) is 10.6 Å². The predicted octanol–water partition coefficient (Wildman–Crippen LogP) is 2.31. The summed E-state index contributed by atoms with van der Waals surface area (Å²) in [4.78, 5) is 4.06. The highest BCUT2D eigenvalue weighted by atomic mass is 35.5. The van der Waals surface area contributed by atoms with Crippen LogP contribution in [0, 0.1) is 0 Å². The van der Waals surface area contributed by atoms with Crippen LogP contribution in [0.1, 0.15) is 20.3 Å². The average molecular weight is 215 g/mol. The fraction of sp³-hybridized carbons (Fsp3) is 0.500. The second-order valence-electron chi connectivity index (χ2n) is 3.57. The van der Waals surface area contributed by atoms with Crippen LogP contribution in [0.3, 0.4) is 0 Å². The van der Waals surface area contributed by atoms with E-state index in [9.17, 15) is 5.11 Å². The van der Waals surface area contributed by atoms with Gasteiger partial charge in [0.25, 0.3) is 0 Å². The first-order valence-electron chi connectivity index (χ1n) is 4.61. The lowest BCUT2D eigenvalue weighted by Gasteiger charge is -2.21. The number of hydrogen-bond donors (Lipinski definition) is 2. The molecule has 0 saturated heterocycles. The van der Waals surface area contributed by atoms with Crippen LogP contribution < -0.4 is 5.32 Å². The molecule has 78 valence electrons. The van der Waals surface area contributed by atoms with Crippen molar-refractivity contribution in [1.29, 1.82) is 0 Å². The molecule has 4 heteroatoms. The minimum atomic E-state index is -0.693. The van der Waals surface area contributed by atoms with Gasteiger partial charge in [0.15, 0.2) is 0 Å². The van der Waals surface area contributed by atoms with Gasteiger partial charge in [-0.1, -0.05) is 18.5 Å². The van der Waals surface area contributed by atoms with E-state index >= 15 is 0 Å². The number of nitrogens with one attached hydrogen (secondary N) is 1. The Hall–Kier alpha value is -0.800. The first kappa shape index (κ1) is 11.3. The summed E-state index contributed by atoms with van der Waals surface area (Å²) < 4.78 is 0. The van der Waals surface area contributed by atoms with Gasteiger partial charge in [-0.05, 0) is 25.5 Å². The molecule has 0 amide bonds. The van der Waals surface area contributed by atoms with Crippen molar-refractivity contribution in [3.8, 4) is 0 Å². The SMILES string of the molecule is CCC(C)(O)CNc1ccc(Cl)cn1. The topological polar surface area (TPSA) is 45.1 Å². The Bertz CT molecular complexity index is 285. The predicted molar refractivity (Wildman–Crippen MR) is 58.7 cm³/mol. The van der Waals surface area contributed by atoms with E-state index in [0.29, 0.717) is 18.0 Å². The lowest BCUT2D eigenvalue weighted by Crippen LogP contribution is -2.32. The molecule has 0 spiro atoms. The van der Waals surface area contributed by atoms with Crippen LogP contribution in [0.4, 0.5) is 5.82 Å². The van der Waals surface area contributed by atoms with Crippen molar-refractivity contribution >= 4 is 17.4 Å². The molecule has 0 aliphatic rings. The molecule has 1 unspecified atom stereocenters. The van der Waals surface area contributed by atoms with E-state index in [0.717, 1.165) is 5.82 Å². The molecule has 14 heavy (non-hydrogen) atoms. The van der Waals surface area contributed by atoms with Crippen LogP contribution in [-0.2, 0) is 0 Å². The first-order chi connectivity index (χ1) is 6.53. The van der Waals surface area contributed by atoms with Gasteiger partial charge in [-0.15, -0.1) is 0 Å². The van der Waals surface area contributed by atoms with Crippen molar-refractivity contribution in [3.05, 3.63) is 23.4 Å². The number of aromatic nitrogens is 1. The van der Waals surface area contributed by atoms with Crippen molar-refractivity contribution in [2.75, 3.05) is 11.9 Å². The Balaban J connectivity index is 2.50. The summed E-state index contributed by atoms with van der Waals surface area (Å²) in [6, 6.07) is 3.55. The number of aliphatic hydroxyl groups is 1. The lowest BCUT2D eigenvalue weighted by atomic mass is 10.0. The van der Waals surface area contributed by atoms with Gasteiger partial charge in [0.1, 0.15) is 5.82 Å². The Morgan fingerprint density at radius 1 is 1.57 bits per heavy atom. The van der Waals surface area contributed by atoms with Gasteiger partial charge in [0, 0.05) is 12.7 Å². The van der Waals surface area contributed by atoms with Crippen molar-refractivity contribution < 1.29 is 5.11 Å². The van der Waals surface area contributed by atoms with Gasteiger partial charge < -0.3 is 10.4 Å². The Labute approximate surface area is 89.1 Å². The fourth-order valence-corrected chi connectivity index (χ4v) is 0.998. The number of rotatable bonds is 4. The molecule has 0 aliphatic heterocycles. The third-order valence-corrected chi connectivity index (χ3v) is 2.36. The molecule has 1 atom stereocenters. The summed E-state index contributed by atoms with van der Waals surface area (Å²) in [5.41, 5.74) is -0.693. The quantitative estimate of drug-likeness (QED) is 0.809. The Morgan fingerprint density at radius 2 is 2.29 bits per heavy atom. The maximum Gasteiger partial charge on any atom is 0.126 e. The third kappa shape index (κ3) is 3.52. The molecule has 1 rings (SSSR count). The molecule has 0 fully saturated rings. The fourth-order valence-electron chi connectivity index (χ4n) is 0.886. The molecular weight excluding hydrogens is 200 g/mol. The maximum absolute atomic E-state index is 9.72. The molecule has 1 heterocycles. The lowest BCUT2D eigenvalue weighted by molar-refractivity contribution is 0.0696. The number of hydrogen-bond acceptors (Lipinski definition) is 3. The zero-order valence-corrected chi connectivity index (χ0v) is 9.17. The second kappa shape index (κ2) is 4.62. The van der Waals surface area contributed by atoms with Gasteiger partial charge in [-0.2, -0.15) is 0 Å². The van der Waals surface area contributed by atoms with Crippen molar-refractivity contribution in [2.24, 2.45) is 0 Å². The van der Waals surface area contributed by atoms with Crippen LogP contribution >= 0.6 is 11.6 Å². The van der Waals surface area contributed by atoms with E-state index in [1.54, 1.807) is 25.3 Å². The summed E-state index contributed by atoms with van der Waals surface area (Å²) in [6.45, 7) is 4.21. The summed E-state index contributed by atoms with van der Waals surface area (Å²) in [6.07, 6.45) is 2.28. The number of halogens is 1. The molecule has 0 bridgehead atoms. The number of pyridine rings is 1. The van der Waals surface area contributed by atoms with Crippen LogP contribution in [0.25, 0.3) is 0 Å². The summed E-state index contributed by atoms with van der Waals surface area (Å²) in [7, 11) is 0. The highest BCUT2D eigenvalue weighted by molar-refractivity contribution is 6.30. The van der Waals surface area contributed by atoms with Crippen LogP contribution in [-0.4, -0.2) is 22.2 Å². The largest absolute Gasteiger partial charge is 0.388 e. The van der Waals surface area contributed by atoms with Crippen molar-refractivity contribution in [2.45, 2.75) is 25.9 Å². The number of anilines is 1. The van der Waals surface area contributed by atoms with Gasteiger partial charge >= 0.3 is 0 Å². The van der Waals surface area contributed by atoms with Gasteiger partial charge in [-0.3, -0.25) is 0 Å². The van der Waals surface area contributed by atoms with E-state index in [-0.39, 0.29) is 0 Å². The number of nitrogens with zero attached hydrogens (tertiary/aromatic N) is 1. The van der Waals surface area contributed by atoms with E-state index < -0.39 is 5.60 Å². The molecule has 3 nitrogen and oxygen atoms in total. The van der Waals surface area contributed by atoms with E-state index in [2.05, 4.69) is 10.3 Å². The molecule has 1 aromatic rings. The molecule has 2 N–H and O–H groups in total. The average Bonchev–Trinajstić information content (AvgIpc) is 2.17. The van der Waals surface area contributed by atoms with Crippen LogP contribution in [0.15, 0.2) is 18.3 Å². The molecule has 0 aromatic carbocycles. The highest BCUT2D eigenvalue weighted by Gasteiger charge is 2.16. The Morgan fingerprint density at radius 3 is 2.79 bits per heavy atom. The van der Waals surface area contributed by atoms with Crippen molar-refractivity contribution in [3.63, 3.8) is 0 Å². The molecule has 0 aliphatic carbocycles. The second-order valence-corrected chi connectivity index (χ2v) is 4.00. The van der Waals surface area contributed by atoms with Gasteiger partial charge in [-0.25, -0.2) is 4.98 Å². The normalized spacial score (nSPS) is 14.9. The minimum Gasteiger partial charge on any atom is -0.388 e. The standard InChI is InChI=1S/C10H15ClN2O/c1-3-10(2,14)7-13-9-5-4-8(11)6-12-9/h4-6,14H,3,7H2,1-2H3,(H,12,13). The summed E-state index contributed by atoms with van der Waals surface area (Å²) in [5, 5.41) is 13.4. The zero-order valence-electron chi connectivity index (χ0n) is 8.42. The third-order valence-electron chi connectivity index (χ3n) is 2.14. The van der Waals surface area contributed by atoms with Gasteiger partial charge in [0.2, 0.25) is 0 Å². The zero-order chi connectivity index (χ0) is 10.6. The van der Waals surface area contributed by atoms with Crippen molar-refractivity contribution in [1.82, 2.24) is 4.98 Å². The highest BCUT2D eigenvalue weighted by Crippen LogP contribution is 2.12. The maximum atomic E-state index is 9.72. The minimum absolute atomic E-state index is 0.484. The summed E-state index contributed by atoms with van der Waals surface area (Å²) >= 11 is 5.69. The smallest absolute Gasteiger partial charge is 0.126 e. The van der Waals surface area contributed by atoms with E-state index in [1.165, 1.54) is 0 Å². The Kier molecular flexibility index (Phi) is 3.72. The first-order valence-corrected chi connectivity index (χ1v) is 4.99. The van der Waals surface area contributed by atoms with E-state index in [4.69, 9.17) is 11.6 Å². The molecule has 1 aromatic heterocycles. The molecular formula is C10H15ClN2O.